The van der Waals surface area contributed by atoms with Gasteiger partial charge in [0.15, 0.2) is 13.1 Å². The Morgan fingerprint density at radius 2 is 1.88 bits per heavy atom. The molecule has 5 nitrogen and oxygen atoms in total. The highest BCUT2D eigenvalue weighted by molar-refractivity contribution is 5.93. The highest BCUT2D eigenvalue weighted by atomic mass is 16.2. The monoisotopic (exact) mass is 346 g/mol. The summed E-state index contributed by atoms with van der Waals surface area (Å²) in [6, 6.07) is 6.34. The maximum Gasteiger partial charge on any atom is 0.279 e. The highest BCUT2D eigenvalue weighted by Crippen LogP contribution is 2.19. The van der Waals surface area contributed by atoms with Gasteiger partial charge in [-0.1, -0.05) is 25.1 Å². The molecule has 0 saturated carbocycles. The number of carbonyl (C=O) groups is 2. The lowest BCUT2D eigenvalue weighted by atomic mass is 10.00. The minimum Gasteiger partial charge on any atom is -0.335 e. The zero-order valence-electron chi connectivity index (χ0n) is 16.0. The lowest BCUT2D eigenvalue weighted by molar-refractivity contribution is -0.862. The molecular formula is C20H32N3O2+. The molecule has 0 aliphatic carbocycles. The Morgan fingerprint density at radius 3 is 2.52 bits per heavy atom. The van der Waals surface area contributed by atoms with Crippen molar-refractivity contribution in [3.05, 3.63) is 29.3 Å². The lowest BCUT2D eigenvalue weighted by Crippen LogP contribution is -3.11. The molecule has 1 aliphatic heterocycles. The van der Waals surface area contributed by atoms with Gasteiger partial charge in [0.25, 0.3) is 11.8 Å². The fourth-order valence-electron chi connectivity index (χ4n) is 3.64. The topological polar surface area (TPSA) is 53.9 Å². The molecule has 2 rings (SSSR count). The van der Waals surface area contributed by atoms with Crippen LogP contribution in [0.4, 0.5) is 5.69 Å². The van der Waals surface area contributed by atoms with Crippen molar-refractivity contribution in [2.45, 2.75) is 52.5 Å². The Labute approximate surface area is 151 Å². The summed E-state index contributed by atoms with van der Waals surface area (Å²) >= 11 is 0. The highest BCUT2D eigenvalue weighted by Gasteiger charge is 2.27. The number of benzene rings is 1. The number of rotatable bonds is 6. The minimum absolute atomic E-state index is 0.0478. The minimum atomic E-state index is -0.0478. The first-order valence-electron chi connectivity index (χ1n) is 9.39. The van der Waals surface area contributed by atoms with E-state index in [1.807, 2.05) is 44.0 Å². The number of hydrogen-bond donors (Lipinski definition) is 2. The second-order valence-corrected chi connectivity index (χ2v) is 7.27. The number of amides is 2. The first-order chi connectivity index (χ1) is 11.9. The second kappa shape index (κ2) is 8.99. The maximum atomic E-state index is 12.6. The average Bonchev–Trinajstić information content (AvgIpc) is 2.58. The molecule has 0 bridgehead atoms. The van der Waals surface area contributed by atoms with Crippen molar-refractivity contribution in [3.8, 4) is 0 Å². The number of piperidine rings is 1. The van der Waals surface area contributed by atoms with Crippen LogP contribution in [0.2, 0.25) is 0 Å². The number of anilines is 1. The van der Waals surface area contributed by atoms with Crippen LogP contribution < -0.4 is 10.2 Å². The van der Waals surface area contributed by atoms with E-state index in [1.54, 1.807) is 0 Å². The number of aryl methyl sites for hydroxylation is 2. The molecule has 1 aliphatic rings. The van der Waals surface area contributed by atoms with Crippen molar-refractivity contribution in [2.24, 2.45) is 0 Å². The summed E-state index contributed by atoms with van der Waals surface area (Å²) in [5.74, 6) is 0.123. The van der Waals surface area contributed by atoms with Gasteiger partial charge in [-0.3, -0.25) is 9.59 Å². The molecule has 2 amide bonds. The molecule has 138 valence electrons. The summed E-state index contributed by atoms with van der Waals surface area (Å²) in [7, 11) is 1.91. The van der Waals surface area contributed by atoms with Crippen LogP contribution in [-0.4, -0.2) is 49.4 Å². The number of nitrogens with one attached hydrogen (secondary N) is 2. The van der Waals surface area contributed by atoms with Crippen molar-refractivity contribution in [1.29, 1.82) is 0 Å². The van der Waals surface area contributed by atoms with Gasteiger partial charge in [0, 0.05) is 18.3 Å². The van der Waals surface area contributed by atoms with Crippen molar-refractivity contribution in [3.63, 3.8) is 0 Å². The van der Waals surface area contributed by atoms with E-state index in [-0.39, 0.29) is 11.8 Å². The molecule has 1 saturated heterocycles. The lowest BCUT2D eigenvalue weighted by Gasteiger charge is -2.35. The van der Waals surface area contributed by atoms with Gasteiger partial charge in [0.05, 0.1) is 7.05 Å². The van der Waals surface area contributed by atoms with E-state index in [4.69, 9.17) is 0 Å². The Kier molecular flexibility index (Phi) is 7.00. The number of likely N-dealkylation sites (tertiary alicyclic amines) is 1. The molecule has 25 heavy (non-hydrogen) atoms. The van der Waals surface area contributed by atoms with E-state index < -0.39 is 0 Å². The van der Waals surface area contributed by atoms with E-state index in [1.165, 1.54) is 6.42 Å². The first-order valence-corrected chi connectivity index (χ1v) is 9.39. The SMILES string of the molecule is CC[C@@H]1CCCCN1C(=O)C[NH+](C)CC(=O)Nc1c(C)cccc1C. The molecule has 1 aromatic carbocycles. The third-order valence-corrected chi connectivity index (χ3v) is 5.08. The van der Waals surface area contributed by atoms with E-state index in [0.29, 0.717) is 19.1 Å². The Morgan fingerprint density at radius 1 is 1.20 bits per heavy atom. The molecule has 2 atom stereocenters. The molecular weight excluding hydrogens is 314 g/mol. The van der Waals surface area contributed by atoms with Gasteiger partial charge in [-0.05, 0) is 50.7 Å². The number of para-hydroxylation sites is 1. The van der Waals surface area contributed by atoms with Gasteiger partial charge >= 0.3 is 0 Å². The van der Waals surface area contributed by atoms with Gasteiger partial charge in [0.2, 0.25) is 0 Å². The summed E-state index contributed by atoms with van der Waals surface area (Å²) in [5, 5.41) is 3.00. The van der Waals surface area contributed by atoms with Gasteiger partial charge in [-0.15, -0.1) is 0 Å². The summed E-state index contributed by atoms with van der Waals surface area (Å²) in [4.78, 5) is 27.9. The zero-order chi connectivity index (χ0) is 18.4. The first kappa shape index (κ1) is 19.4. The Bertz CT molecular complexity index is 595. The van der Waals surface area contributed by atoms with Gasteiger partial charge in [0.1, 0.15) is 0 Å². The fraction of sp³-hybridized carbons (Fsp3) is 0.600. The summed E-state index contributed by atoms with van der Waals surface area (Å²) in [5.41, 5.74) is 3.00. The fourth-order valence-corrected chi connectivity index (χ4v) is 3.64. The van der Waals surface area contributed by atoms with E-state index in [9.17, 15) is 9.59 Å². The van der Waals surface area contributed by atoms with Crippen molar-refractivity contribution < 1.29 is 14.5 Å². The van der Waals surface area contributed by atoms with Crippen LogP contribution in [0.3, 0.4) is 0 Å². The zero-order valence-corrected chi connectivity index (χ0v) is 16.0. The Balaban J connectivity index is 1.87. The van der Waals surface area contributed by atoms with Crippen LogP contribution in [-0.2, 0) is 9.59 Å². The average molecular weight is 346 g/mol. The summed E-state index contributed by atoms with van der Waals surface area (Å²) < 4.78 is 0. The summed E-state index contributed by atoms with van der Waals surface area (Å²) in [6.07, 6.45) is 4.42. The van der Waals surface area contributed by atoms with Crippen LogP contribution in [0.5, 0.6) is 0 Å². The molecule has 1 fully saturated rings. The van der Waals surface area contributed by atoms with Crippen LogP contribution in [0.1, 0.15) is 43.7 Å². The van der Waals surface area contributed by atoms with Crippen LogP contribution in [0.15, 0.2) is 18.2 Å². The van der Waals surface area contributed by atoms with E-state index in [2.05, 4.69) is 12.2 Å². The van der Waals surface area contributed by atoms with E-state index in [0.717, 1.165) is 47.5 Å². The van der Waals surface area contributed by atoms with Crippen molar-refractivity contribution in [2.75, 3.05) is 32.0 Å². The molecule has 0 spiro atoms. The number of quaternary nitrogens is 1. The largest absolute Gasteiger partial charge is 0.335 e. The third-order valence-electron chi connectivity index (χ3n) is 5.08. The van der Waals surface area contributed by atoms with Crippen LogP contribution in [0, 0.1) is 13.8 Å². The van der Waals surface area contributed by atoms with Crippen LogP contribution >= 0.6 is 0 Å². The predicted octanol–water partition coefficient (Wildman–Crippen LogP) is 1.55. The molecule has 0 aromatic heterocycles. The molecule has 1 unspecified atom stereocenters. The van der Waals surface area contributed by atoms with Gasteiger partial charge in [-0.2, -0.15) is 0 Å². The number of nitrogens with zero attached hydrogens (tertiary/aromatic N) is 1. The second-order valence-electron chi connectivity index (χ2n) is 7.27. The standard InChI is InChI=1S/C20H31N3O2/c1-5-17-11-6-7-12-23(17)19(25)14-22(4)13-18(24)21-20-15(2)9-8-10-16(20)3/h8-10,17H,5-7,11-14H2,1-4H3,(H,21,24)/p+1/t17-/m1/s1. The van der Waals surface area contributed by atoms with Gasteiger partial charge in [-0.25, -0.2) is 0 Å². The number of carbonyl (C=O) groups excluding carboxylic acids is 2. The number of hydrogen-bond acceptors (Lipinski definition) is 2. The third kappa shape index (κ3) is 5.30. The predicted molar refractivity (Wildman–Crippen MR) is 101 cm³/mol. The Hall–Kier alpha value is -1.88. The smallest absolute Gasteiger partial charge is 0.279 e. The van der Waals surface area contributed by atoms with Crippen LogP contribution in [0.25, 0.3) is 0 Å². The van der Waals surface area contributed by atoms with Crippen molar-refractivity contribution >= 4 is 17.5 Å². The molecule has 1 aromatic rings. The molecule has 1 heterocycles. The number of likely N-dealkylation sites (N-methyl/N-ethyl adjacent to an activating group) is 1. The molecule has 0 radical (unpaired) electrons. The van der Waals surface area contributed by atoms with E-state index >= 15 is 0 Å². The quantitative estimate of drug-likeness (QED) is 0.821. The summed E-state index contributed by atoms with van der Waals surface area (Å²) in [6.45, 7) is 7.65. The normalized spacial score (nSPS) is 18.7. The molecule has 5 heteroatoms. The maximum absolute atomic E-state index is 12.6. The van der Waals surface area contributed by atoms with Crippen molar-refractivity contribution in [1.82, 2.24) is 4.90 Å². The molecule has 2 N–H and O–H groups in total. The van der Waals surface area contributed by atoms with Gasteiger partial charge < -0.3 is 15.1 Å².